The molecule has 1 heterocycles. The molecular weight excluding hydrogens is 178 g/mol. The number of carbonyl (C=O) groups excluding carboxylic acids is 1. The Morgan fingerprint density at radius 2 is 2.21 bits per heavy atom. The molecule has 0 saturated carbocycles. The van der Waals surface area contributed by atoms with E-state index in [1.54, 1.807) is 0 Å². The molecule has 1 atom stereocenters. The van der Waals surface area contributed by atoms with Crippen molar-refractivity contribution < 1.29 is 4.79 Å². The number of likely N-dealkylation sites (N-methyl/N-ethyl adjacent to an activating group) is 2. The van der Waals surface area contributed by atoms with E-state index in [1.807, 2.05) is 23.9 Å². The molecule has 4 nitrogen and oxygen atoms in total. The highest BCUT2D eigenvalue weighted by molar-refractivity contribution is 5.76. The van der Waals surface area contributed by atoms with Gasteiger partial charge in [-0.05, 0) is 13.0 Å². The fourth-order valence-corrected chi connectivity index (χ4v) is 1.88. The van der Waals surface area contributed by atoms with Crippen LogP contribution in [0.2, 0.25) is 0 Å². The molecule has 1 unspecified atom stereocenters. The number of hydrogen-bond acceptors (Lipinski definition) is 2. The van der Waals surface area contributed by atoms with Crippen LogP contribution in [0, 0.1) is 5.92 Å². The number of urea groups is 1. The van der Waals surface area contributed by atoms with Gasteiger partial charge in [0.15, 0.2) is 0 Å². The molecule has 1 aliphatic rings. The predicted molar refractivity (Wildman–Crippen MR) is 57.3 cm³/mol. The predicted octanol–water partition coefficient (Wildman–Crippen LogP) is 0.598. The lowest BCUT2D eigenvalue weighted by Crippen LogP contribution is -2.35. The van der Waals surface area contributed by atoms with Gasteiger partial charge in [0.05, 0.1) is 6.04 Å². The van der Waals surface area contributed by atoms with E-state index in [1.165, 1.54) is 0 Å². The van der Waals surface area contributed by atoms with Crippen molar-refractivity contribution in [3.05, 3.63) is 0 Å². The van der Waals surface area contributed by atoms with Gasteiger partial charge in [0.2, 0.25) is 0 Å². The summed E-state index contributed by atoms with van der Waals surface area (Å²) in [7, 11) is 3.80. The molecule has 0 aromatic carbocycles. The van der Waals surface area contributed by atoms with Crippen molar-refractivity contribution in [2.24, 2.45) is 5.92 Å². The van der Waals surface area contributed by atoms with Crippen LogP contribution >= 0.6 is 0 Å². The van der Waals surface area contributed by atoms with Crippen molar-refractivity contribution >= 4 is 6.03 Å². The third-order valence-electron chi connectivity index (χ3n) is 2.88. The largest absolute Gasteiger partial charge is 0.323 e. The number of hydrogen-bond donors (Lipinski definition) is 1. The van der Waals surface area contributed by atoms with E-state index in [9.17, 15) is 4.79 Å². The molecule has 1 saturated heterocycles. The molecule has 0 aliphatic carbocycles. The highest BCUT2D eigenvalue weighted by atomic mass is 16.2. The van der Waals surface area contributed by atoms with Gasteiger partial charge in [-0.2, -0.15) is 0 Å². The van der Waals surface area contributed by atoms with Crippen LogP contribution in [0.25, 0.3) is 0 Å². The molecule has 0 aromatic heterocycles. The molecule has 0 radical (unpaired) electrons. The number of carbonyl (C=O) groups is 1. The maximum Gasteiger partial charge on any atom is 0.320 e. The molecule has 1 fully saturated rings. The molecule has 1 N–H and O–H groups in total. The number of amides is 2. The van der Waals surface area contributed by atoms with E-state index in [2.05, 4.69) is 19.2 Å². The summed E-state index contributed by atoms with van der Waals surface area (Å²) in [5.41, 5.74) is 0. The van der Waals surface area contributed by atoms with Crippen LogP contribution in [-0.4, -0.2) is 55.6 Å². The summed E-state index contributed by atoms with van der Waals surface area (Å²) in [5.74, 6) is 0.531. The summed E-state index contributed by atoms with van der Waals surface area (Å²) < 4.78 is 0. The van der Waals surface area contributed by atoms with E-state index >= 15 is 0 Å². The van der Waals surface area contributed by atoms with Gasteiger partial charge in [-0.1, -0.05) is 13.8 Å². The van der Waals surface area contributed by atoms with Crippen LogP contribution < -0.4 is 5.32 Å². The summed E-state index contributed by atoms with van der Waals surface area (Å²) in [6.07, 6.45) is 0. The zero-order chi connectivity index (χ0) is 10.7. The molecule has 1 aliphatic heterocycles. The van der Waals surface area contributed by atoms with Crippen molar-refractivity contribution in [3.8, 4) is 0 Å². The Morgan fingerprint density at radius 3 is 2.64 bits per heavy atom. The maximum absolute atomic E-state index is 11.8. The summed E-state index contributed by atoms with van der Waals surface area (Å²) in [4.78, 5) is 15.5. The first kappa shape index (κ1) is 11.3. The minimum absolute atomic E-state index is 0.166. The lowest BCUT2D eigenvalue weighted by molar-refractivity contribution is 0.192. The van der Waals surface area contributed by atoms with E-state index in [-0.39, 0.29) is 6.03 Å². The molecule has 82 valence electrons. The molecule has 0 aromatic rings. The molecule has 2 amide bonds. The molecular formula is C10H21N3O. The standard InChI is InChI=1S/C10H21N3O/c1-8(2)9-7-13(6-5-11-3)10(14)12(9)4/h8-9,11H,5-7H2,1-4H3. The second-order valence-corrected chi connectivity index (χ2v) is 4.25. The Kier molecular flexibility index (Phi) is 3.75. The van der Waals surface area contributed by atoms with Gasteiger partial charge in [0, 0.05) is 26.7 Å². The Balaban J connectivity index is 2.53. The Labute approximate surface area is 86.2 Å². The molecule has 0 bridgehead atoms. The van der Waals surface area contributed by atoms with Crippen LogP contribution in [0.1, 0.15) is 13.8 Å². The van der Waals surface area contributed by atoms with Crippen LogP contribution in [-0.2, 0) is 0 Å². The van der Waals surface area contributed by atoms with Crippen molar-refractivity contribution in [2.45, 2.75) is 19.9 Å². The van der Waals surface area contributed by atoms with Crippen molar-refractivity contribution in [2.75, 3.05) is 33.7 Å². The van der Waals surface area contributed by atoms with Gasteiger partial charge in [-0.25, -0.2) is 4.79 Å². The molecule has 0 spiro atoms. The quantitative estimate of drug-likeness (QED) is 0.719. The first-order valence-electron chi connectivity index (χ1n) is 5.24. The van der Waals surface area contributed by atoms with Gasteiger partial charge < -0.3 is 15.1 Å². The summed E-state index contributed by atoms with van der Waals surface area (Å²) in [6.45, 7) is 6.87. The summed E-state index contributed by atoms with van der Waals surface area (Å²) in [5, 5.41) is 3.06. The van der Waals surface area contributed by atoms with Crippen LogP contribution in [0.3, 0.4) is 0 Å². The monoisotopic (exact) mass is 199 g/mol. The van der Waals surface area contributed by atoms with Crippen LogP contribution in [0.15, 0.2) is 0 Å². The smallest absolute Gasteiger partial charge is 0.320 e. The van der Waals surface area contributed by atoms with Gasteiger partial charge >= 0.3 is 6.03 Å². The summed E-state index contributed by atoms with van der Waals surface area (Å²) in [6, 6.07) is 0.540. The van der Waals surface area contributed by atoms with Crippen LogP contribution in [0.4, 0.5) is 4.79 Å². The lowest BCUT2D eigenvalue weighted by atomic mass is 10.0. The van der Waals surface area contributed by atoms with E-state index in [0.29, 0.717) is 12.0 Å². The minimum atomic E-state index is 0.166. The average molecular weight is 199 g/mol. The number of nitrogens with one attached hydrogen (secondary N) is 1. The Morgan fingerprint density at radius 1 is 1.57 bits per heavy atom. The first-order valence-corrected chi connectivity index (χ1v) is 5.24. The highest BCUT2D eigenvalue weighted by Gasteiger charge is 2.35. The average Bonchev–Trinajstić information content (AvgIpc) is 2.42. The maximum atomic E-state index is 11.8. The Hall–Kier alpha value is -0.770. The third kappa shape index (κ3) is 2.18. The van der Waals surface area contributed by atoms with Gasteiger partial charge in [0.25, 0.3) is 0 Å². The van der Waals surface area contributed by atoms with Crippen molar-refractivity contribution in [3.63, 3.8) is 0 Å². The summed E-state index contributed by atoms with van der Waals surface area (Å²) >= 11 is 0. The lowest BCUT2D eigenvalue weighted by Gasteiger charge is -2.20. The first-order chi connectivity index (χ1) is 6.57. The molecule has 1 rings (SSSR count). The zero-order valence-electron chi connectivity index (χ0n) is 9.58. The van der Waals surface area contributed by atoms with E-state index in [4.69, 9.17) is 0 Å². The molecule has 4 heteroatoms. The normalized spacial score (nSPS) is 22.6. The fraction of sp³-hybridized carbons (Fsp3) is 0.900. The Bertz CT molecular complexity index is 206. The van der Waals surface area contributed by atoms with Crippen molar-refractivity contribution in [1.29, 1.82) is 0 Å². The SMILES string of the molecule is CNCCN1CC(C(C)C)N(C)C1=O. The minimum Gasteiger partial charge on any atom is -0.323 e. The van der Waals surface area contributed by atoms with Crippen molar-refractivity contribution in [1.82, 2.24) is 15.1 Å². The zero-order valence-corrected chi connectivity index (χ0v) is 9.58. The third-order valence-corrected chi connectivity index (χ3v) is 2.88. The fourth-order valence-electron chi connectivity index (χ4n) is 1.88. The number of rotatable bonds is 4. The number of nitrogens with zero attached hydrogens (tertiary/aromatic N) is 2. The van der Waals surface area contributed by atoms with Gasteiger partial charge in [-0.3, -0.25) is 0 Å². The van der Waals surface area contributed by atoms with E-state index < -0.39 is 0 Å². The molecule has 14 heavy (non-hydrogen) atoms. The van der Waals surface area contributed by atoms with E-state index in [0.717, 1.165) is 19.6 Å². The highest BCUT2D eigenvalue weighted by Crippen LogP contribution is 2.19. The second kappa shape index (κ2) is 4.64. The van der Waals surface area contributed by atoms with Crippen LogP contribution in [0.5, 0.6) is 0 Å². The van der Waals surface area contributed by atoms with Gasteiger partial charge in [0.1, 0.15) is 0 Å². The second-order valence-electron chi connectivity index (χ2n) is 4.25. The topological polar surface area (TPSA) is 35.6 Å². The van der Waals surface area contributed by atoms with Gasteiger partial charge in [-0.15, -0.1) is 0 Å².